The Kier molecular flexibility index (Phi) is 4.75. The van der Waals surface area contributed by atoms with Crippen molar-refractivity contribution in [1.29, 1.82) is 0 Å². The first-order valence-corrected chi connectivity index (χ1v) is 8.74. The quantitative estimate of drug-likeness (QED) is 0.448. The molecule has 0 atom stereocenters. The third kappa shape index (κ3) is 4.15. The summed E-state index contributed by atoms with van der Waals surface area (Å²) in [6.07, 6.45) is 0. The summed E-state index contributed by atoms with van der Waals surface area (Å²) in [5, 5.41) is 0. The molecule has 0 aromatic heterocycles. The summed E-state index contributed by atoms with van der Waals surface area (Å²) in [5.41, 5.74) is 0.280. The van der Waals surface area contributed by atoms with Crippen LogP contribution in [0.25, 0.3) is 0 Å². The molecular weight excluding hydrogens is 359 g/mol. The van der Waals surface area contributed by atoms with Crippen LogP contribution >= 0.6 is 21.2 Å². The van der Waals surface area contributed by atoms with Crippen molar-refractivity contribution in [1.82, 2.24) is 0 Å². The smallest absolute Gasteiger partial charge is 0.210 e. The number of benzene rings is 1. The summed E-state index contributed by atoms with van der Waals surface area (Å²) in [6, 6.07) is 4.53. The number of hydrogen-bond acceptors (Lipinski definition) is 5. The molecule has 0 saturated heterocycles. The van der Waals surface area contributed by atoms with Crippen molar-refractivity contribution in [2.45, 2.75) is 0 Å². The van der Waals surface area contributed by atoms with Crippen molar-refractivity contribution in [3.63, 3.8) is 0 Å². The number of ketones is 1. The van der Waals surface area contributed by atoms with Crippen molar-refractivity contribution in [2.75, 3.05) is 20.0 Å². The van der Waals surface area contributed by atoms with Gasteiger partial charge in [0.15, 0.2) is 17.3 Å². The first-order chi connectivity index (χ1) is 7.87. The predicted octanol–water partition coefficient (Wildman–Crippen LogP) is 1.65. The van der Waals surface area contributed by atoms with Crippen molar-refractivity contribution in [3.05, 3.63) is 23.8 Å². The van der Waals surface area contributed by atoms with E-state index in [2.05, 4.69) is 0 Å². The van der Waals surface area contributed by atoms with Gasteiger partial charge in [-0.2, -0.15) is 0 Å². The Bertz CT molecular complexity index is 523. The highest BCUT2D eigenvalue weighted by Gasteiger charge is 2.16. The van der Waals surface area contributed by atoms with E-state index in [0.717, 1.165) is 0 Å². The maximum absolute atomic E-state index is 11.6. The second kappa shape index (κ2) is 5.67. The van der Waals surface area contributed by atoms with Crippen LogP contribution in [0.5, 0.6) is 11.5 Å². The molecule has 17 heavy (non-hydrogen) atoms. The zero-order chi connectivity index (χ0) is 13.1. The summed E-state index contributed by atoms with van der Waals surface area (Å²) in [6.45, 7) is 0. The van der Waals surface area contributed by atoms with Crippen LogP contribution in [0.3, 0.4) is 0 Å². The van der Waals surface area contributed by atoms with Crippen molar-refractivity contribution < 1.29 is 22.7 Å². The number of halogens is 1. The fourth-order valence-corrected chi connectivity index (χ4v) is 2.58. The lowest BCUT2D eigenvalue weighted by Gasteiger charge is -2.08. The lowest BCUT2D eigenvalue weighted by atomic mass is 10.1. The molecule has 1 rings (SSSR count). The molecule has 1 aromatic carbocycles. The molecule has 0 saturated carbocycles. The summed E-state index contributed by atoms with van der Waals surface area (Å²) in [4.78, 5) is 11.6. The van der Waals surface area contributed by atoms with E-state index in [1.165, 1.54) is 47.6 Å². The summed E-state index contributed by atoms with van der Waals surface area (Å²) < 4.78 is 32.0. The lowest BCUT2D eigenvalue weighted by molar-refractivity contribution is 0.102. The van der Waals surface area contributed by atoms with E-state index in [1.807, 2.05) is 0 Å². The molecule has 0 aliphatic rings. The molecule has 5 nitrogen and oxygen atoms in total. The minimum Gasteiger partial charge on any atom is -0.493 e. The Morgan fingerprint density at radius 1 is 1.24 bits per heavy atom. The fraction of sp³-hybridized carbons (Fsp3) is 0.300. The number of carbonyl (C=O) groups is 1. The topological polar surface area (TPSA) is 69.7 Å². The minimum atomic E-state index is -3.36. The Morgan fingerprint density at radius 2 is 1.82 bits per heavy atom. The van der Waals surface area contributed by atoms with Crippen LogP contribution in [0.15, 0.2) is 18.2 Å². The molecule has 0 spiro atoms. The van der Waals surface area contributed by atoms with Crippen molar-refractivity contribution >= 4 is 34.0 Å². The first kappa shape index (κ1) is 14.2. The van der Waals surface area contributed by atoms with Gasteiger partial charge < -0.3 is 9.47 Å². The van der Waals surface area contributed by atoms with E-state index in [4.69, 9.17) is 9.47 Å². The molecule has 0 fully saturated rings. The van der Waals surface area contributed by atoms with E-state index in [1.54, 1.807) is 6.07 Å². The van der Waals surface area contributed by atoms with Gasteiger partial charge in [0, 0.05) is 5.56 Å². The van der Waals surface area contributed by atoms with Crippen LogP contribution in [0.1, 0.15) is 10.4 Å². The zero-order valence-electron chi connectivity index (χ0n) is 9.27. The van der Waals surface area contributed by atoms with Crippen LogP contribution in [-0.4, -0.2) is 34.2 Å². The molecule has 0 unspecified atom stereocenters. The van der Waals surface area contributed by atoms with Gasteiger partial charge in [-0.1, -0.05) is 0 Å². The van der Waals surface area contributed by atoms with Crippen LogP contribution < -0.4 is 9.47 Å². The average Bonchev–Trinajstić information content (AvgIpc) is 2.25. The molecule has 0 radical (unpaired) electrons. The van der Waals surface area contributed by atoms with Crippen molar-refractivity contribution in [3.8, 4) is 11.5 Å². The SMILES string of the molecule is COc1ccc(C(=O)CS(=O)(=O)I)cc1OC. The molecule has 0 amide bonds. The van der Waals surface area contributed by atoms with Gasteiger partial charge in [0.2, 0.25) is 7.01 Å². The van der Waals surface area contributed by atoms with E-state index < -0.39 is 18.5 Å². The number of rotatable bonds is 5. The highest BCUT2D eigenvalue weighted by atomic mass is 127. The lowest BCUT2D eigenvalue weighted by Crippen LogP contribution is -2.11. The highest BCUT2D eigenvalue weighted by molar-refractivity contribution is 14.2. The zero-order valence-corrected chi connectivity index (χ0v) is 12.2. The summed E-state index contributed by atoms with van der Waals surface area (Å²) >= 11 is 1.25. The number of hydrogen-bond donors (Lipinski definition) is 0. The van der Waals surface area contributed by atoms with Gasteiger partial charge in [0.1, 0.15) is 5.75 Å². The van der Waals surface area contributed by atoms with Crippen LogP contribution in [0.2, 0.25) is 0 Å². The Balaban J connectivity index is 3.04. The largest absolute Gasteiger partial charge is 0.493 e. The van der Waals surface area contributed by atoms with Gasteiger partial charge in [-0.05, 0) is 18.2 Å². The minimum absolute atomic E-state index is 0.280. The van der Waals surface area contributed by atoms with Gasteiger partial charge in [-0.15, -0.1) is 0 Å². The molecule has 0 heterocycles. The molecule has 7 heteroatoms. The van der Waals surface area contributed by atoms with Gasteiger partial charge >= 0.3 is 0 Å². The molecule has 0 aliphatic carbocycles. The van der Waals surface area contributed by atoms with Gasteiger partial charge in [-0.3, -0.25) is 4.79 Å². The molecule has 0 bridgehead atoms. The second-order valence-electron chi connectivity index (χ2n) is 3.18. The predicted molar refractivity (Wildman–Crippen MR) is 71.7 cm³/mol. The molecule has 1 aromatic rings. The monoisotopic (exact) mass is 370 g/mol. The number of ether oxygens (including phenoxy) is 2. The summed E-state index contributed by atoms with van der Waals surface area (Å²) in [7, 11) is -0.432. The first-order valence-electron chi connectivity index (χ1n) is 4.55. The van der Waals surface area contributed by atoms with Crippen LogP contribution in [0, 0.1) is 0 Å². The fourth-order valence-electron chi connectivity index (χ4n) is 1.25. The van der Waals surface area contributed by atoms with Crippen LogP contribution in [-0.2, 0) is 7.01 Å². The third-order valence-corrected chi connectivity index (χ3v) is 3.55. The van der Waals surface area contributed by atoms with E-state index in [-0.39, 0.29) is 5.56 Å². The van der Waals surface area contributed by atoms with Gasteiger partial charge in [-0.25, -0.2) is 8.42 Å². The Labute approximate surface area is 112 Å². The maximum atomic E-state index is 11.6. The van der Waals surface area contributed by atoms with E-state index in [0.29, 0.717) is 11.5 Å². The number of Topliss-reactive ketones (excluding diaryl/α,β-unsaturated/α-hetero) is 1. The van der Waals surface area contributed by atoms with Gasteiger partial charge in [0.05, 0.1) is 35.4 Å². The number of carbonyl (C=O) groups excluding carboxylic acids is 1. The second-order valence-corrected chi connectivity index (χ2v) is 8.57. The average molecular weight is 370 g/mol. The van der Waals surface area contributed by atoms with Crippen LogP contribution in [0.4, 0.5) is 0 Å². The van der Waals surface area contributed by atoms with Gasteiger partial charge in [0.25, 0.3) is 0 Å². The summed E-state index contributed by atoms with van der Waals surface area (Å²) in [5.74, 6) is -0.116. The molecular formula is C10H11IO5S. The Morgan fingerprint density at radius 3 is 2.29 bits per heavy atom. The normalized spacial score (nSPS) is 11.0. The molecule has 94 valence electrons. The molecule has 0 aliphatic heterocycles. The molecule has 0 N–H and O–H groups in total. The Hall–Kier alpha value is -0.830. The maximum Gasteiger partial charge on any atom is 0.210 e. The van der Waals surface area contributed by atoms with Crippen molar-refractivity contribution in [2.24, 2.45) is 0 Å². The third-order valence-electron chi connectivity index (χ3n) is 2.01. The number of methoxy groups -OCH3 is 2. The van der Waals surface area contributed by atoms with E-state index >= 15 is 0 Å². The van der Waals surface area contributed by atoms with E-state index in [9.17, 15) is 13.2 Å². The standard InChI is InChI=1S/C10H11IO5S/c1-15-9-4-3-7(5-10(9)16-2)8(12)6-17(11,13)14/h3-5H,6H2,1-2H3. The highest BCUT2D eigenvalue weighted by Crippen LogP contribution is 2.27.